The van der Waals surface area contributed by atoms with Gasteiger partial charge < -0.3 is 11.1 Å². The summed E-state index contributed by atoms with van der Waals surface area (Å²) >= 11 is 4.71. The highest BCUT2D eigenvalue weighted by atomic mass is 32.1. The first-order valence-corrected chi connectivity index (χ1v) is 8.58. The van der Waals surface area contributed by atoms with Gasteiger partial charge in [-0.3, -0.25) is 10.4 Å². The molecule has 3 aromatic rings. The summed E-state index contributed by atoms with van der Waals surface area (Å²) in [5, 5.41) is 7.94. The number of rotatable bonds is 4. The first-order valence-electron chi connectivity index (χ1n) is 8.17. The lowest BCUT2D eigenvalue weighted by atomic mass is 10.1. The van der Waals surface area contributed by atoms with Crippen molar-refractivity contribution in [3.63, 3.8) is 0 Å². The predicted octanol–water partition coefficient (Wildman–Crippen LogP) is 4.55. The van der Waals surface area contributed by atoms with Gasteiger partial charge >= 0.3 is 6.18 Å². The number of thiocarbonyl (C=S) groups is 1. The molecule has 5 nitrogen and oxygen atoms in total. The first kappa shape index (κ1) is 19.6. The molecule has 1 heterocycles. The van der Waals surface area contributed by atoms with Crippen LogP contribution in [0.2, 0.25) is 0 Å². The van der Waals surface area contributed by atoms with Gasteiger partial charge in [-0.05, 0) is 55.0 Å². The molecule has 3 rings (SSSR count). The van der Waals surface area contributed by atoms with Crippen molar-refractivity contribution in [3.05, 3.63) is 65.9 Å². The van der Waals surface area contributed by atoms with Crippen molar-refractivity contribution < 1.29 is 13.2 Å². The summed E-state index contributed by atoms with van der Waals surface area (Å²) in [6.45, 7) is 1.81. The lowest BCUT2D eigenvalue weighted by molar-refractivity contribution is -0.137. The second-order valence-corrected chi connectivity index (χ2v) is 6.40. The van der Waals surface area contributed by atoms with Crippen molar-refractivity contribution in [2.75, 3.05) is 5.32 Å². The van der Waals surface area contributed by atoms with Crippen LogP contribution in [0.4, 0.5) is 24.5 Å². The maximum atomic E-state index is 12.9. The molecule has 1 aromatic heterocycles. The van der Waals surface area contributed by atoms with Crippen molar-refractivity contribution in [3.8, 4) is 0 Å². The van der Waals surface area contributed by atoms with E-state index in [1.165, 1.54) is 12.3 Å². The average Bonchev–Trinajstić information content (AvgIpc) is 2.66. The summed E-state index contributed by atoms with van der Waals surface area (Å²) in [5.74, 6) is 0. The minimum absolute atomic E-state index is 0.0795. The topological polar surface area (TPSA) is 75.3 Å². The second-order valence-electron chi connectivity index (χ2n) is 5.96. The van der Waals surface area contributed by atoms with E-state index in [0.717, 1.165) is 23.4 Å². The van der Waals surface area contributed by atoms with Crippen molar-refractivity contribution in [2.24, 2.45) is 10.8 Å². The third-order valence-corrected chi connectivity index (χ3v) is 4.08. The monoisotopic (exact) mass is 403 g/mol. The molecule has 0 fully saturated rings. The van der Waals surface area contributed by atoms with Crippen molar-refractivity contribution in [1.29, 1.82) is 0 Å². The van der Waals surface area contributed by atoms with E-state index in [9.17, 15) is 13.2 Å². The number of pyridine rings is 1. The molecule has 0 bridgehead atoms. The minimum Gasteiger partial charge on any atom is -0.375 e. The van der Waals surface area contributed by atoms with Crippen molar-refractivity contribution >= 4 is 45.3 Å². The van der Waals surface area contributed by atoms with Crippen LogP contribution in [-0.4, -0.2) is 15.8 Å². The van der Waals surface area contributed by atoms with E-state index in [0.29, 0.717) is 16.8 Å². The molecule has 0 spiro atoms. The van der Waals surface area contributed by atoms with Gasteiger partial charge in [0.05, 0.1) is 16.8 Å². The molecule has 144 valence electrons. The maximum absolute atomic E-state index is 12.9. The Kier molecular flexibility index (Phi) is 5.46. The molecule has 0 unspecified atom stereocenters. The molecule has 0 aliphatic carbocycles. The van der Waals surface area contributed by atoms with E-state index in [1.807, 2.05) is 31.2 Å². The number of hydrogen-bond donors (Lipinski definition) is 3. The minimum atomic E-state index is -4.41. The fraction of sp³-hybridized carbons (Fsp3) is 0.105. The summed E-state index contributed by atoms with van der Waals surface area (Å²) in [6.07, 6.45) is -2.94. The van der Waals surface area contributed by atoms with Crippen LogP contribution in [0, 0.1) is 0 Å². The first-order chi connectivity index (χ1) is 13.2. The summed E-state index contributed by atoms with van der Waals surface area (Å²) in [6, 6.07) is 12.6. The number of alkyl halides is 3. The maximum Gasteiger partial charge on any atom is 0.416 e. The SMILES string of the molecule is CC(=NNC(N)=S)c1ccc(Nc2ccnc3cc(C(F)(F)F)ccc23)cc1. The van der Waals surface area contributed by atoms with Gasteiger partial charge in [0, 0.05) is 23.0 Å². The number of aromatic nitrogens is 1. The van der Waals surface area contributed by atoms with Gasteiger partial charge in [-0.2, -0.15) is 18.3 Å². The van der Waals surface area contributed by atoms with E-state index in [1.54, 1.807) is 6.07 Å². The van der Waals surface area contributed by atoms with Crippen LogP contribution in [0.25, 0.3) is 10.9 Å². The Bertz CT molecular complexity index is 1050. The van der Waals surface area contributed by atoms with Crippen molar-refractivity contribution in [2.45, 2.75) is 13.1 Å². The Balaban J connectivity index is 1.85. The fourth-order valence-corrected chi connectivity index (χ4v) is 2.63. The zero-order chi connectivity index (χ0) is 20.3. The van der Waals surface area contributed by atoms with Gasteiger partial charge in [0.25, 0.3) is 0 Å². The highest BCUT2D eigenvalue weighted by molar-refractivity contribution is 7.80. The van der Waals surface area contributed by atoms with Gasteiger partial charge in [0.15, 0.2) is 5.11 Å². The van der Waals surface area contributed by atoms with Gasteiger partial charge in [0.2, 0.25) is 0 Å². The van der Waals surface area contributed by atoms with Gasteiger partial charge in [-0.15, -0.1) is 0 Å². The molecular weight excluding hydrogens is 387 g/mol. The zero-order valence-corrected chi connectivity index (χ0v) is 15.5. The average molecular weight is 403 g/mol. The molecule has 0 radical (unpaired) electrons. The Morgan fingerprint density at radius 3 is 2.46 bits per heavy atom. The molecule has 0 aliphatic heterocycles. The summed E-state index contributed by atoms with van der Waals surface area (Å²) in [5.41, 5.74) is 10.4. The number of fused-ring (bicyclic) bond motifs is 1. The van der Waals surface area contributed by atoms with Crippen LogP contribution in [0.3, 0.4) is 0 Å². The van der Waals surface area contributed by atoms with E-state index >= 15 is 0 Å². The smallest absolute Gasteiger partial charge is 0.375 e. The van der Waals surface area contributed by atoms with E-state index in [4.69, 9.17) is 18.0 Å². The highest BCUT2D eigenvalue weighted by Gasteiger charge is 2.30. The number of nitrogens with two attached hydrogens (primary N) is 1. The van der Waals surface area contributed by atoms with Crippen LogP contribution in [0.1, 0.15) is 18.1 Å². The molecule has 0 aliphatic rings. The predicted molar refractivity (Wildman–Crippen MR) is 109 cm³/mol. The third-order valence-electron chi connectivity index (χ3n) is 3.99. The van der Waals surface area contributed by atoms with Crippen LogP contribution in [0.5, 0.6) is 0 Å². The third kappa shape index (κ3) is 4.55. The molecule has 0 atom stereocenters. The molecular formula is C19H16F3N5S. The zero-order valence-electron chi connectivity index (χ0n) is 14.7. The Labute approximate surface area is 164 Å². The summed E-state index contributed by atoms with van der Waals surface area (Å²) in [4.78, 5) is 4.05. The number of halogens is 3. The number of benzene rings is 2. The number of hydrogen-bond acceptors (Lipinski definition) is 4. The number of hydrazone groups is 1. The fourth-order valence-electron chi connectivity index (χ4n) is 2.59. The summed E-state index contributed by atoms with van der Waals surface area (Å²) in [7, 11) is 0. The van der Waals surface area contributed by atoms with E-state index in [-0.39, 0.29) is 10.6 Å². The summed E-state index contributed by atoms with van der Waals surface area (Å²) < 4.78 is 38.7. The Morgan fingerprint density at radius 1 is 1.11 bits per heavy atom. The molecule has 28 heavy (non-hydrogen) atoms. The van der Waals surface area contributed by atoms with Crippen LogP contribution in [0.15, 0.2) is 59.8 Å². The lowest BCUT2D eigenvalue weighted by Crippen LogP contribution is -2.25. The van der Waals surface area contributed by atoms with Gasteiger partial charge in [-0.1, -0.05) is 18.2 Å². The van der Waals surface area contributed by atoms with E-state index < -0.39 is 11.7 Å². The highest BCUT2D eigenvalue weighted by Crippen LogP contribution is 2.33. The largest absolute Gasteiger partial charge is 0.416 e. The molecule has 0 saturated carbocycles. The second kappa shape index (κ2) is 7.81. The number of nitrogens with zero attached hydrogens (tertiary/aromatic N) is 2. The molecule has 4 N–H and O–H groups in total. The van der Waals surface area contributed by atoms with Gasteiger partial charge in [0.1, 0.15) is 0 Å². The van der Waals surface area contributed by atoms with Crippen LogP contribution in [-0.2, 0) is 6.18 Å². The normalized spacial score (nSPS) is 12.1. The van der Waals surface area contributed by atoms with Gasteiger partial charge in [-0.25, -0.2) is 0 Å². The van der Waals surface area contributed by atoms with E-state index in [2.05, 4.69) is 20.8 Å². The lowest BCUT2D eigenvalue weighted by Gasteiger charge is -2.12. The Hall–Kier alpha value is -3.20. The molecule has 2 aromatic carbocycles. The molecule has 9 heteroatoms. The van der Waals surface area contributed by atoms with Crippen molar-refractivity contribution in [1.82, 2.24) is 10.4 Å². The Morgan fingerprint density at radius 2 is 1.82 bits per heavy atom. The number of nitrogens with one attached hydrogen (secondary N) is 2. The molecule has 0 amide bonds. The quantitative estimate of drug-likeness (QED) is 0.338. The van der Waals surface area contributed by atoms with Crippen LogP contribution >= 0.6 is 12.2 Å². The molecule has 0 saturated heterocycles. The van der Waals surface area contributed by atoms with Crippen LogP contribution < -0.4 is 16.5 Å². The number of anilines is 2. The standard InChI is InChI=1S/C19H16F3N5S/c1-11(26-27-18(23)28)12-2-5-14(6-3-12)25-16-8-9-24-17-10-13(19(20,21)22)4-7-15(16)17/h2-10H,1H3,(H,24,25)(H3,23,27,28).